The minimum atomic E-state index is 0.575. The van der Waals surface area contributed by atoms with Gasteiger partial charge in [-0.3, -0.25) is 4.99 Å². The molecule has 1 aromatic carbocycles. The number of nitrogens with one attached hydrogen (secondary N) is 2. The van der Waals surface area contributed by atoms with Gasteiger partial charge in [-0.2, -0.15) is 0 Å². The van der Waals surface area contributed by atoms with Gasteiger partial charge in [-0.15, -0.1) is 0 Å². The van der Waals surface area contributed by atoms with Crippen molar-refractivity contribution in [1.29, 1.82) is 0 Å². The molecule has 1 aromatic rings. The van der Waals surface area contributed by atoms with E-state index in [1.165, 1.54) is 11.1 Å². The molecule has 0 aliphatic carbocycles. The quantitative estimate of drug-likeness (QED) is 0.352. The summed E-state index contributed by atoms with van der Waals surface area (Å²) in [5.41, 5.74) is 2.46. The van der Waals surface area contributed by atoms with Crippen LogP contribution in [0.15, 0.2) is 23.2 Å². The predicted octanol–water partition coefficient (Wildman–Crippen LogP) is 2.54. The Morgan fingerprint density at radius 1 is 1.33 bits per heavy atom. The van der Waals surface area contributed by atoms with Gasteiger partial charge in [-0.25, -0.2) is 0 Å². The molecule has 0 aromatic heterocycles. The van der Waals surface area contributed by atoms with Crippen LogP contribution in [0.5, 0.6) is 5.75 Å². The Hall–Kier alpha value is -1.79. The lowest BCUT2D eigenvalue weighted by molar-refractivity contribution is 0.0893. The average molecular weight is 378 g/mol. The summed E-state index contributed by atoms with van der Waals surface area (Å²) in [6.07, 6.45) is 2.94. The molecule has 2 N–H and O–H groups in total. The number of ether oxygens (including phenoxy) is 3. The van der Waals surface area contributed by atoms with Crippen LogP contribution in [0.2, 0.25) is 0 Å². The monoisotopic (exact) mass is 377 g/mol. The van der Waals surface area contributed by atoms with Crippen molar-refractivity contribution in [2.75, 3.05) is 53.2 Å². The molecule has 1 aliphatic heterocycles. The second-order valence-electron chi connectivity index (χ2n) is 6.91. The van der Waals surface area contributed by atoms with Crippen LogP contribution in [0.3, 0.4) is 0 Å². The van der Waals surface area contributed by atoms with Crippen LogP contribution in [0.4, 0.5) is 0 Å². The lowest BCUT2D eigenvalue weighted by Crippen LogP contribution is -2.38. The maximum Gasteiger partial charge on any atom is 0.191 e. The first kappa shape index (κ1) is 21.5. The van der Waals surface area contributed by atoms with Gasteiger partial charge in [0, 0.05) is 38.8 Å². The Morgan fingerprint density at radius 3 is 2.96 bits per heavy atom. The Labute approximate surface area is 163 Å². The van der Waals surface area contributed by atoms with E-state index in [0.717, 1.165) is 77.0 Å². The minimum Gasteiger partial charge on any atom is -0.496 e. The zero-order valence-corrected chi connectivity index (χ0v) is 17.1. The van der Waals surface area contributed by atoms with E-state index in [9.17, 15) is 0 Å². The summed E-state index contributed by atoms with van der Waals surface area (Å²) >= 11 is 0. The van der Waals surface area contributed by atoms with E-state index in [1.54, 1.807) is 7.11 Å². The number of hydrogen-bond acceptors (Lipinski definition) is 4. The van der Waals surface area contributed by atoms with Gasteiger partial charge in [0.1, 0.15) is 5.75 Å². The summed E-state index contributed by atoms with van der Waals surface area (Å²) < 4.78 is 16.5. The molecule has 0 amide bonds. The van der Waals surface area contributed by atoms with Crippen LogP contribution < -0.4 is 15.4 Å². The number of methoxy groups -OCH3 is 1. The smallest absolute Gasteiger partial charge is 0.191 e. The Bertz CT molecular complexity index is 572. The number of rotatable bonds is 11. The first-order valence-corrected chi connectivity index (χ1v) is 10.0. The number of hydrogen-bond donors (Lipinski definition) is 2. The summed E-state index contributed by atoms with van der Waals surface area (Å²) in [5, 5.41) is 6.70. The van der Waals surface area contributed by atoms with Crippen molar-refractivity contribution in [3.8, 4) is 5.75 Å². The largest absolute Gasteiger partial charge is 0.496 e. The lowest BCUT2D eigenvalue weighted by Gasteiger charge is -2.13. The van der Waals surface area contributed by atoms with Crippen molar-refractivity contribution in [3.63, 3.8) is 0 Å². The third kappa shape index (κ3) is 8.18. The molecule has 27 heavy (non-hydrogen) atoms. The van der Waals surface area contributed by atoms with Gasteiger partial charge in [0.25, 0.3) is 0 Å². The normalized spacial score (nSPS) is 17.1. The van der Waals surface area contributed by atoms with Crippen molar-refractivity contribution in [2.45, 2.75) is 33.1 Å². The molecule has 2 rings (SSSR count). The van der Waals surface area contributed by atoms with E-state index in [0.29, 0.717) is 5.92 Å². The number of benzene rings is 1. The van der Waals surface area contributed by atoms with Gasteiger partial charge < -0.3 is 24.8 Å². The first-order chi connectivity index (χ1) is 13.2. The zero-order valence-electron chi connectivity index (χ0n) is 17.1. The Kier molecular flexibility index (Phi) is 10.0. The lowest BCUT2D eigenvalue weighted by atomic mass is 10.1. The van der Waals surface area contributed by atoms with Crippen molar-refractivity contribution >= 4 is 5.96 Å². The van der Waals surface area contributed by atoms with Crippen molar-refractivity contribution in [1.82, 2.24) is 10.6 Å². The molecule has 1 fully saturated rings. The van der Waals surface area contributed by atoms with Crippen LogP contribution in [0.1, 0.15) is 30.9 Å². The van der Waals surface area contributed by atoms with Crippen molar-refractivity contribution < 1.29 is 14.2 Å². The van der Waals surface area contributed by atoms with Crippen molar-refractivity contribution in [2.24, 2.45) is 10.9 Å². The molecule has 1 heterocycles. The Morgan fingerprint density at radius 2 is 2.22 bits per heavy atom. The van der Waals surface area contributed by atoms with Crippen LogP contribution in [0.25, 0.3) is 0 Å². The molecule has 1 atom stereocenters. The molecule has 0 bridgehead atoms. The highest BCUT2D eigenvalue weighted by molar-refractivity contribution is 5.79. The highest BCUT2D eigenvalue weighted by Crippen LogP contribution is 2.19. The number of aliphatic imine (C=N–C) groups is 1. The summed E-state index contributed by atoms with van der Waals surface area (Å²) in [7, 11) is 1.72. The molecule has 6 heteroatoms. The molecule has 1 unspecified atom stereocenters. The fraction of sp³-hybridized carbons (Fsp3) is 0.667. The van der Waals surface area contributed by atoms with E-state index < -0.39 is 0 Å². The second-order valence-corrected chi connectivity index (χ2v) is 6.91. The molecule has 0 spiro atoms. The molecule has 1 aliphatic rings. The summed E-state index contributed by atoms with van der Waals surface area (Å²) in [6.45, 7) is 9.87. The van der Waals surface area contributed by atoms with E-state index in [1.807, 2.05) is 6.07 Å². The standard InChI is InChI=1S/C21H35N3O3/c1-4-22-21(23-10-5-12-26-15-18-9-13-27-16-18)24-11-8-19-14-17(2)6-7-20(19)25-3/h6-7,14,18H,4-5,8-13,15-16H2,1-3H3,(H2,22,23,24). The van der Waals surface area contributed by atoms with Gasteiger partial charge in [0.15, 0.2) is 5.96 Å². The second kappa shape index (κ2) is 12.6. The number of aryl methyl sites for hydroxylation is 1. The maximum atomic E-state index is 5.73. The van der Waals surface area contributed by atoms with Gasteiger partial charge in [-0.1, -0.05) is 17.7 Å². The van der Waals surface area contributed by atoms with Gasteiger partial charge in [0.2, 0.25) is 0 Å². The van der Waals surface area contributed by atoms with E-state index >= 15 is 0 Å². The zero-order chi connectivity index (χ0) is 19.3. The minimum absolute atomic E-state index is 0.575. The molecule has 0 saturated carbocycles. The molecule has 1 saturated heterocycles. The summed E-state index contributed by atoms with van der Waals surface area (Å²) in [5.74, 6) is 2.37. The fourth-order valence-corrected chi connectivity index (χ4v) is 3.08. The molecule has 6 nitrogen and oxygen atoms in total. The molecular formula is C21H35N3O3. The van der Waals surface area contributed by atoms with Crippen LogP contribution in [-0.4, -0.2) is 59.1 Å². The van der Waals surface area contributed by atoms with E-state index in [4.69, 9.17) is 14.2 Å². The van der Waals surface area contributed by atoms with Crippen molar-refractivity contribution in [3.05, 3.63) is 29.3 Å². The highest BCUT2D eigenvalue weighted by atomic mass is 16.5. The van der Waals surface area contributed by atoms with Crippen LogP contribution >= 0.6 is 0 Å². The summed E-state index contributed by atoms with van der Waals surface area (Å²) in [4.78, 5) is 4.63. The molecule has 0 radical (unpaired) electrons. The van der Waals surface area contributed by atoms with Gasteiger partial charge in [0.05, 0.1) is 20.3 Å². The van der Waals surface area contributed by atoms with E-state index in [2.05, 4.69) is 41.6 Å². The van der Waals surface area contributed by atoms with Crippen LogP contribution in [0, 0.1) is 12.8 Å². The topological polar surface area (TPSA) is 64.1 Å². The number of nitrogens with zero attached hydrogens (tertiary/aromatic N) is 1. The SMILES string of the molecule is CCNC(=NCCCOCC1CCOC1)NCCc1cc(C)ccc1OC. The van der Waals surface area contributed by atoms with E-state index in [-0.39, 0.29) is 0 Å². The molecular weight excluding hydrogens is 342 g/mol. The van der Waals surface area contributed by atoms with Crippen LogP contribution in [-0.2, 0) is 15.9 Å². The Balaban J connectivity index is 1.67. The fourth-order valence-electron chi connectivity index (χ4n) is 3.08. The van der Waals surface area contributed by atoms with Gasteiger partial charge >= 0.3 is 0 Å². The average Bonchev–Trinajstić information content (AvgIpc) is 3.18. The van der Waals surface area contributed by atoms with Gasteiger partial charge in [-0.05, 0) is 44.7 Å². The summed E-state index contributed by atoms with van der Waals surface area (Å²) in [6, 6.07) is 6.28. The third-order valence-corrected chi connectivity index (χ3v) is 4.56. The number of guanidine groups is 1. The maximum absolute atomic E-state index is 5.73. The highest BCUT2D eigenvalue weighted by Gasteiger charge is 2.15. The predicted molar refractivity (Wildman–Crippen MR) is 110 cm³/mol. The first-order valence-electron chi connectivity index (χ1n) is 10.0. The molecule has 152 valence electrons. The third-order valence-electron chi connectivity index (χ3n) is 4.56.